The Balaban J connectivity index is 2.17. The number of H-pyrrole nitrogens is 1. The number of nitrogens with zero attached hydrogens (tertiary/aromatic N) is 2. The van der Waals surface area contributed by atoms with Crippen LogP contribution in [0.5, 0.6) is 0 Å². The van der Waals surface area contributed by atoms with Crippen LogP contribution in [0.1, 0.15) is 11.3 Å². The molecule has 0 atom stereocenters. The van der Waals surface area contributed by atoms with E-state index < -0.39 is 0 Å². The summed E-state index contributed by atoms with van der Waals surface area (Å²) in [6, 6.07) is 9.97. The van der Waals surface area contributed by atoms with E-state index in [4.69, 9.17) is 5.73 Å². The van der Waals surface area contributed by atoms with Crippen molar-refractivity contribution < 1.29 is 0 Å². The molecule has 0 aliphatic carbocycles. The van der Waals surface area contributed by atoms with Gasteiger partial charge in [0.25, 0.3) is 0 Å². The summed E-state index contributed by atoms with van der Waals surface area (Å²) in [6.45, 7) is 2.52. The van der Waals surface area contributed by atoms with E-state index >= 15 is 0 Å². The molecule has 0 saturated heterocycles. The van der Waals surface area contributed by atoms with Gasteiger partial charge in [-0.15, -0.1) is 0 Å². The number of benzene rings is 1. The summed E-state index contributed by atoms with van der Waals surface area (Å²) in [4.78, 5) is 12.2. The summed E-state index contributed by atoms with van der Waals surface area (Å²) in [6.07, 6.45) is 1.79. The van der Waals surface area contributed by atoms with Crippen LogP contribution in [0.3, 0.4) is 0 Å². The number of fused-ring (bicyclic) bond motifs is 1. The minimum Gasteiger partial charge on any atom is -0.338 e. The number of rotatable bonds is 2. The Labute approximate surface area is 105 Å². The molecule has 90 valence electrons. The van der Waals surface area contributed by atoms with Crippen molar-refractivity contribution in [2.45, 2.75) is 13.5 Å². The molecule has 2 heterocycles. The van der Waals surface area contributed by atoms with Crippen LogP contribution in [0.25, 0.3) is 22.4 Å². The summed E-state index contributed by atoms with van der Waals surface area (Å²) < 4.78 is 0. The molecular formula is C14H14N4. The minimum atomic E-state index is 0.538. The highest BCUT2D eigenvalue weighted by molar-refractivity contribution is 5.80. The third-order valence-corrected chi connectivity index (χ3v) is 3.04. The molecule has 0 spiro atoms. The van der Waals surface area contributed by atoms with Gasteiger partial charge in [0, 0.05) is 24.0 Å². The van der Waals surface area contributed by atoms with Crippen molar-refractivity contribution in [3.63, 3.8) is 0 Å². The van der Waals surface area contributed by atoms with Gasteiger partial charge in [-0.05, 0) is 36.8 Å². The maximum absolute atomic E-state index is 5.64. The Morgan fingerprint density at radius 2 is 2.17 bits per heavy atom. The van der Waals surface area contributed by atoms with E-state index in [1.807, 2.05) is 37.3 Å². The predicted octanol–water partition coefficient (Wildman–Crippen LogP) is 2.39. The van der Waals surface area contributed by atoms with Crippen LogP contribution in [0.15, 0.2) is 36.5 Å². The molecule has 0 aliphatic rings. The average molecular weight is 238 g/mol. The highest BCUT2D eigenvalue weighted by Gasteiger charge is 2.08. The van der Waals surface area contributed by atoms with Gasteiger partial charge in [0.05, 0.1) is 11.0 Å². The largest absolute Gasteiger partial charge is 0.338 e. The second-order valence-electron chi connectivity index (χ2n) is 4.28. The molecular weight excluding hydrogens is 224 g/mol. The van der Waals surface area contributed by atoms with E-state index in [1.165, 1.54) is 0 Å². The average Bonchev–Trinajstić information content (AvgIpc) is 2.81. The van der Waals surface area contributed by atoms with Crippen LogP contribution in [0, 0.1) is 6.92 Å². The third kappa shape index (κ3) is 1.76. The van der Waals surface area contributed by atoms with E-state index in [1.54, 1.807) is 6.20 Å². The zero-order chi connectivity index (χ0) is 12.5. The second-order valence-corrected chi connectivity index (χ2v) is 4.28. The lowest BCUT2D eigenvalue weighted by atomic mass is 10.2. The molecule has 0 aliphatic heterocycles. The first-order valence-electron chi connectivity index (χ1n) is 5.88. The van der Waals surface area contributed by atoms with Crippen LogP contribution in [0.2, 0.25) is 0 Å². The fourth-order valence-electron chi connectivity index (χ4n) is 2.05. The van der Waals surface area contributed by atoms with Crippen molar-refractivity contribution in [1.82, 2.24) is 15.0 Å². The Morgan fingerprint density at radius 1 is 1.28 bits per heavy atom. The number of nitrogens with one attached hydrogen (secondary N) is 1. The Hall–Kier alpha value is -2.20. The molecule has 0 saturated carbocycles. The predicted molar refractivity (Wildman–Crippen MR) is 72.0 cm³/mol. The number of hydrogen-bond donors (Lipinski definition) is 2. The van der Waals surface area contributed by atoms with Gasteiger partial charge >= 0.3 is 0 Å². The van der Waals surface area contributed by atoms with Gasteiger partial charge in [0.2, 0.25) is 0 Å². The zero-order valence-electron chi connectivity index (χ0n) is 10.1. The lowest BCUT2D eigenvalue weighted by molar-refractivity contribution is 1.07. The molecule has 0 radical (unpaired) electrons. The maximum Gasteiger partial charge on any atom is 0.140 e. The van der Waals surface area contributed by atoms with Crippen molar-refractivity contribution in [1.29, 1.82) is 0 Å². The summed E-state index contributed by atoms with van der Waals surface area (Å²) in [5, 5.41) is 0. The molecule has 0 unspecified atom stereocenters. The number of hydrogen-bond acceptors (Lipinski definition) is 3. The molecule has 3 N–H and O–H groups in total. The van der Waals surface area contributed by atoms with Gasteiger partial charge in [-0.25, -0.2) is 4.98 Å². The topological polar surface area (TPSA) is 67.6 Å². The number of aryl methyl sites for hydroxylation is 1. The Kier molecular flexibility index (Phi) is 2.57. The van der Waals surface area contributed by atoms with Gasteiger partial charge in [0.15, 0.2) is 0 Å². The molecule has 2 aromatic heterocycles. The first kappa shape index (κ1) is 10.9. The maximum atomic E-state index is 5.64. The summed E-state index contributed by atoms with van der Waals surface area (Å²) in [5.41, 5.74) is 10.7. The Morgan fingerprint density at radius 3 is 2.94 bits per heavy atom. The smallest absolute Gasteiger partial charge is 0.140 e. The van der Waals surface area contributed by atoms with Gasteiger partial charge in [-0.2, -0.15) is 0 Å². The zero-order valence-corrected chi connectivity index (χ0v) is 10.1. The molecule has 4 nitrogen and oxygen atoms in total. The van der Waals surface area contributed by atoms with Gasteiger partial charge in [-0.3, -0.25) is 4.98 Å². The highest BCUT2D eigenvalue weighted by Crippen LogP contribution is 2.22. The van der Waals surface area contributed by atoms with Crippen molar-refractivity contribution in [3.8, 4) is 11.4 Å². The summed E-state index contributed by atoms with van der Waals surface area (Å²) in [5.74, 6) is 0.852. The van der Waals surface area contributed by atoms with Crippen LogP contribution in [-0.2, 0) is 6.54 Å². The van der Waals surface area contributed by atoms with Crippen LogP contribution < -0.4 is 5.73 Å². The highest BCUT2D eigenvalue weighted by atomic mass is 14.9. The van der Waals surface area contributed by atoms with Crippen molar-refractivity contribution in [2.75, 3.05) is 0 Å². The molecule has 0 fully saturated rings. The number of aromatic amines is 1. The molecule has 4 heteroatoms. The molecule has 0 bridgehead atoms. The first-order chi connectivity index (χ1) is 8.78. The monoisotopic (exact) mass is 238 g/mol. The van der Waals surface area contributed by atoms with E-state index in [0.717, 1.165) is 33.7 Å². The van der Waals surface area contributed by atoms with Crippen LogP contribution >= 0.6 is 0 Å². The van der Waals surface area contributed by atoms with Gasteiger partial charge in [0.1, 0.15) is 5.82 Å². The SMILES string of the molecule is Cc1ncccc1-c1nc2ccc(CN)cc2[nH]1. The van der Waals surface area contributed by atoms with Gasteiger partial charge < -0.3 is 10.7 Å². The molecule has 0 amide bonds. The first-order valence-corrected chi connectivity index (χ1v) is 5.88. The molecule has 3 aromatic rings. The quantitative estimate of drug-likeness (QED) is 0.720. The summed E-state index contributed by atoms with van der Waals surface area (Å²) in [7, 11) is 0. The van der Waals surface area contributed by atoms with E-state index in [-0.39, 0.29) is 0 Å². The lowest BCUT2D eigenvalue weighted by Crippen LogP contribution is -1.95. The van der Waals surface area contributed by atoms with Crippen molar-refractivity contribution >= 4 is 11.0 Å². The molecule has 1 aromatic carbocycles. The molecule has 3 rings (SSSR count). The lowest BCUT2D eigenvalue weighted by Gasteiger charge is -1.99. The number of imidazole rings is 1. The standard InChI is InChI=1S/C14H14N4/c1-9-11(3-2-6-16-9)14-17-12-5-4-10(8-15)7-13(12)18-14/h2-7H,8,15H2,1H3,(H,17,18). The summed E-state index contributed by atoms with van der Waals surface area (Å²) >= 11 is 0. The van der Waals surface area contributed by atoms with E-state index in [2.05, 4.69) is 15.0 Å². The van der Waals surface area contributed by atoms with E-state index in [9.17, 15) is 0 Å². The second kappa shape index (κ2) is 4.23. The Bertz CT molecular complexity index is 700. The van der Waals surface area contributed by atoms with Crippen LogP contribution in [-0.4, -0.2) is 15.0 Å². The number of pyridine rings is 1. The van der Waals surface area contributed by atoms with Crippen molar-refractivity contribution in [3.05, 3.63) is 47.8 Å². The third-order valence-electron chi connectivity index (χ3n) is 3.04. The van der Waals surface area contributed by atoms with Gasteiger partial charge in [-0.1, -0.05) is 6.07 Å². The number of nitrogens with two attached hydrogens (primary N) is 1. The fraction of sp³-hybridized carbons (Fsp3) is 0.143. The minimum absolute atomic E-state index is 0.538. The fourth-order valence-corrected chi connectivity index (χ4v) is 2.05. The van der Waals surface area contributed by atoms with Crippen LogP contribution in [0.4, 0.5) is 0 Å². The van der Waals surface area contributed by atoms with Crippen molar-refractivity contribution in [2.24, 2.45) is 5.73 Å². The number of aromatic nitrogens is 3. The van der Waals surface area contributed by atoms with E-state index in [0.29, 0.717) is 6.54 Å². The normalized spacial score (nSPS) is 11.0. The molecule has 18 heavy (non-hydrogen) atoms.